The molecule has 3 aromatic rings. The summed E-state index contributed by atoms with van der Waals surface area (Å²) in [6.07, 6.45) is 3.13. The van der Waals surface area contributed by atoms with Crippen molar-refractivity contribution in [3.8, 4) is 10.6 Å². The first-order valence-corrected chi connectivity index (χ1v) is 8.86. The Morgan fingerprint density at radius 2 is 1.92 bits per heavy atom. The molecule has 2 heterocycles. The number of aromatic nitrogens is 2. The molecule has 2 aromatic heterocycles. The number of aryl methyl sites for hydroxylation is 1. The second-order valence-corrected chi connectivity index (χ2v) is 6.61. The van der Waals surface area contributed by atoms with Crippen molar-refractivity contribution in [3.05, 3.63) is 71.0 Å². The van der Waals surface area contributed by atoms with E-state index in [-0.39, 0.29) is 12.1 Å². The quantitative estimate of drug-likeness (QED) is 0.696. The molecule has 1 amide bonds. The van der Waals surface area contributed by atoms with Crippen LogP contribution < -0.4 is 5.32 Å². The molecule has 3 rings (SSSR count). The number of nitrogens with zero attached hydrogens (tertiary/aromatic N) is 2. The zero-order chi connectivity index (χ0) is 18.5. The maximum atomic E-state index is 12.6. The van der Waals surface area contributed by atoms with Crippen LogP contribution in [0.4, 0.5) is 0 Å². The standard InChI is InChI=1S/C19H17N3O3S/c1-12-4-2-3-5-14(12)15(10-17(23)24)21-18(25)16-11-26-19(22-16)13-6-8-20-9-7-13/h2-9,11,15H,10H2,1H3,(H,21,25)(H,23,24). The number of carbonyl (C=O) groups excluding carboxylic acids is 1. The average Bonchev–Trinajstić information content (AvgIpc) is 3.12. The zero-order valence-corrected chi connectivity index (χ0v) is 14.9. The molecule has 7 heteroatoms. The summed E-state index contributed by atoms with van der Waals surface area (Å²) in [5.41, 5.74) is 2.86. The Morgan fingerprint density at radius 3 is 2.62 bits per heavy atom. The van der Waals surface area contributed by atoms with E-state index >= 15 is 0 Å². The van der Waals surface area contributed by atoms with Gasteiger partial charge in [0.1, 0.15) is 10.7 Å². The van der Waals surface area contributed by atoms with Gasteiger partial charge in [0, 0.05) is 23.3 Å². The lowest BCUT2D eigenvalue weighted by Gasteiger charge is -2.18. The Morgan fingerprint density at radius 1 is 1.19 bits per heavy atom. The number of pyridine rings is 1. The molecule has 0 aliphatic rings. The number of amides is 1. The van der Waals surface area contributed by atoms with Crippen molar-refractivity contribution < 1.29 is 14.7 Å². The average molecular weight is 367 g/mol. The molecule has 0 saturated carbocycles. The summed E-state index contributed by atoms with van der Waals surface area (Å²) in [7, 11) is 0. The second kappa shape index (κ2) is 7.88. The maximum Gasteiger partial charge on any atom is 0.305 e. The van der Waals surface area contributed by atoms with Crippen LogP contribution in [-0.2, 0) is 4.79 Å². The van der Waals surface area contributed by atoms with Gasteiger partial charge < -0.3 is 10.4 Å². The third-order valence-corrected chi connectivity index (χ3v) is 4.80. The highest BCUT2D eigenvalue weighted by Crippen LogP contribution is 2.24. The highest BCUT2D eigenvalue weighted by molar-refractivity contribution is 7.13. The van der Waals surface area contributed by atoms with Crippen molar-refractivity contribution in [1.82, 2.24) is 15.3 Å². The molecule has 26 heavy (non-hydrogen) atoms. The van der Waals surface area contributed by atoms with Gasteiger partial charge in [-0.1, -0.05) is 24.3 Å². The first-order valence-electron chi connectivity index (χ1n) is 7.98. The summed E-state index contributed by atoms with van der Waals surface area (Å²) in [6.45, 7) is 1.89. The molecule has 0 aliphatic carbocycles. The van der Waals surface area contributed by atoms with Crippen molar-refractivity contribution in [2.45, 2.75) is 19.4 Å². The van der Waals surface area contributed by atoms with Crippen LogP contribution in [0.1, 0.15) is 34.1 Å². The first kappa shape index (κ1) is 17.8. The summed E-state index contributed by atoms with van der Waals surface area (Å²) < 4.78 is 0. The topological polar surface area (TPSA) is 92.2 Å². The number of rotatable bonds is 6. The summed E-state index contributed by atoms with van der Waals surface area (Å²) in [5, 5.41) is 14.4. The number of nitrogens with one attached hydrogen (secondary N) is 1. The van der Waals surface area contributed by atoms with E-state index in [2.05, 4.69) is 15.3 Å². The van der Waals surface area contributed by atoms with Crippen molar-refractivity contribution in [1.29, 1.82) is 0 Å². The number of aliphatic carboxylic acids is 1. The Bertz CT molecular complexity index is 925. The minimum atomic E-state index is -0.977. The first-order chi connectivity index (χ1) is 12.5. The van der Waals surface area contributed by atoms with E-state index in [0.29, 0.717) is 5.01 Å². The fraction of sp³-hybridized carbons (Fsp3) is 0.158. The molecule has 1 unspecified atom stereocenters. The molecule has 2 N–H and O–H groups in total. The van der Waals surface area contributed by atoms with Gasteiger partial charge in [0.2, 0.25) is 0 Å². The highest BCUT2D eigenvalue weighted by Gasteiger charge is 2.21. The van der Waals surface area contributed by atoms with E-state index in [9.17, 15) is 14.7 Å². The fourth-order valence-corrected chi connectivity index (χ4v) is 3.43. The predicted octanol–water partition coefficient (Wildman–Crippen LogP) is 3.46. The Kier molecular flexibility index (Phi) is 5.38. The van der Waals surface area contributed by atoms with Crippen molar-refractivity contribution in [2.24, 2.45) is 0 Å². The van der Waals surface area contributed by atoms with Gasteiger partial charge in [-0.2, -0.15) is 0 Å². The van der Waals surface area contributed by atoms with E-state index in [0.717, 1.165) is 16.7 Å². The van der Waals surface area contributed by atoms with Crippen LogP contribution in [0, 0.1) is 6.92 Å². The molecule has 132 valence electrons. The molecular weight excluding hydrogens is 350 g/mol. The van der Waals surface area contributed by atoms with Gasteiger partial charge in [-0.3, -0.25) is 14.6 Å². The SMILES string of the molecule is Cc1ccccc1C(CC(=O)O)NC(=O)c1csc(-c2ccncc2)n1. The molecule has 0 aliphatic heterocycles. The van der Waals surface area contributed by atoms with Gasteiger partial charge in [-0.25, -0.2) is 4.98 Å². The van der Waals surface area contributed by atoms with E-state index in [1.165, 1.54) is 11.3 Å². The zero-order valence-electron chi connectivity index (χ0n) is 14.0. The van der Waals surface area contributed by atoms with E-state index in [1.54, 1.807) is 17.8 Å². The second-order valence-electron chi connectivity index (χ2n) is 5.75. The third-order valence-electron chi connectivity index (χ3n) is 3.91. The van der Waals surface area contributed by atoms with E-state index < -0.39 is 17.9 Å². The van der Waals surface area contributed by atoms with Gasteiger partial charge in [0.05, 0.1) is 12.5 Å². The van der Waals surface area contributed by atoms with Gasteiger partial charge in [0.25, 0.3) is 5.91 Å². The third kappa shape index (κ3) is 4.12. The van der Waals surface area contributed by atoms with E-state index in [4.69, 9.17) is 0 Å². The van der Waals surface area contributed by atoms with Crippen LogP contribution in [-0.4, -0.2) is 27.0 Å². The molecule has 0 spiro atoms. The van der Waals surface area contributed by atoms with Gasteiger partial charge in [0.15, 0.2) is 0 Å². The number of carboxylic acid groups (broad SMARTS) is 1. The van der Waals surface area contributed by atoms with Gasteiger partial charge in [-0.05, 0) is 30.2 Å². The van der Waals surface area contributed by atoms with Crippen LogP contribution in [0.25, 0.3) is 10.6 Å². The number of thiazole rings is 1. The Hall–Kier alpha value is -3.06. The fourth-order valence-electron chi connectivity index (χ4n) is 2.63. The van der Waals surface area contributed by atoms with Crippen LogP contribution in [0.3, 0.4) is 0 Å². The predicted molar refractivity (Wildman–Crippen MR) is 99.0 cm³/mol. The molecule has 0 fully saturated rings. The van der Waals surface area contributed by atoms with Crippen molar-refractivity contribution >= 4 is 23.2 Å². The lowest BCUT2D eigenvalue weighted by Crippen LogP contribution is -2.30. The maximum absolute atomic E-state index is 12.6. The van der Waals surface area contributed by atoms with Crippen LogP contribution in [0.15, 0.2) is 54.2 Å². The number of hydrogen-bond acceptors (Lipinski definition) is 5. The smallest absolute Gasteiger partial charge is 0.305 e. The lowest BCUT2D eigenvalue weighted by molar-refractivity contribution is -0.137. The monoisotopic (exact) mass is 367 g/mol. The number of hydrogen-bond donors (Lipinski definition) is 2. The highest BCUT2D eigenvalue weighted by atomic mass is 32.1. The number of carbonyl (C=O) groups is 2. The normalized spacial score (nSPS) is 11.7. The molecule has 1 aromatic carbocycles. The largest absolute Gasteiger partial charge is 0.481 e. The van der Waals surface area contributed by atoms with Gasteiger partial charge >= 0.3 is 5.97 Å². The molecular formula is C19H17N3O3S. The van der Waals surface area contributed by atoms with Crippen LogP contribution in [0.5, 0.6) is 0 Å². The summed E-state index contributed by atoms with van der Waals surface area (Å²) in [5.74, 6) is -1.37. The number of benzene rings is 1. The van der Waals surface area contributed by atoms with E-state index in [1.807, 2.05) is 43.3 Å². The molecule has 6 nitrogen and oxygen atoms in total. The summed E-state index contributed by atoms with van der Waals surface area (Å²) >= 11 is 1.35. The lowest BCUT2D eigenvalue weighted by atomic mass is 9.98. The Labute approximate surface area is 154 Å². The minimum absolute atomic E-state index is 0.196. The molecule has 0 saturated heterocycles. The van der Waals surface area contributed by atoms with Gasteiger partial charge in [-0.15, -0.1) is 11.3 Å². The molecule has 0 bridgehead atoms. The minimum Gasteiger partial charge on any atom is -0.481 e. The summed E-state index contributed by atoms with van der Waals surface area (Å²) in [4.78, 5) is 32.1. The number of carboxylic acids is 1. The summed E-state index contributed by atoms with van der Waals surface area (Å²) in [6, 6.07) is 10.4. The molecule has 0 radical (unpaired) electrons. The van der Waals surface area contributed by atoms with Crippen LogP contribution in [0.2, 0.25) is 0 Å². The van der Waals surface area contributed by atoms with Crippen molar-refractivity contribution in [3.63, 3.8) is 0 Å². The van der Waals surface area contributed by atoms with Crippen molar-refractivity contribution in [2.75, 3.05) is 0 Å². The molecule has 1 atom stereocenters. The van der Waals surface area contributed by atoms with Crippen LogP contribution >= 0.6 is 11.3 Å². The Balaban J connectivity index is 1.81.